The molecule has 0 bridgehead atoms. The second-order valence-corrected chi connectivity index (χ2v) is 4.88. The minimum atomic E-state index is -0.324. The summed E-state index contributed by atoms with van der Waals surface area (Å²) < 4.78 is 10.4. The quantitative estimate of drug-likeness (QED) is 0.928. The third kappa shape index (κ3) is 2.82. The molecule has 0 atom stereocenters. The molecule has 0 aliphatic heterocycles. The number of carbonyl (C=O) groups excluding carboxylic acids is 1. The zero-order chi connectivity index (χ0) is 14.7. The molecule has 0 spiro atoms. The highest BCUT2D eigenvalue weighted by molar-refractivity contribution is 6.03. The summed E-state index contributed by atoms with van der Waals surface area (Å²) in [5.74, 6) is 0.641. The number of ether oxygens (including phenoxy) is 1. The average molecular weight is 274 g/mol. The number of rotatable bonds is 4. The van der Waals surface area contributed by atoms with E-state index in [0.717, 1.165) is 5.56 Å². The highest BCUT2D eigenvalue weighted by atomic mass is 16.5. The van der Waals surface area contributed by atoms with Crippen molar-refractivity contribution in [2.75, 3.05) is 12.4 Å². The van der Waals surface area contributed by atoms with Gasteiger partial charge in [-0.25, -0.2) is 4.98 Å². The van der Waals surface area contributed by atoms with Crippen LogP contribution in [0.25, 0.3) is 0 Å². The van der Waals surface area contributed by atoms with Crippen molar-refractivity contribution in [1.29, 1.82) is 0 Å². The summed E-state index contributed by atoms with van der Waals surface area (Å²) in [6.45, 7) is 5.87. The summed E-state index contributed by atoms with van der Waals surface area (Å²) in [5.41, 5.74) is 2.29. The van der Waals surface area contributed by atoms with E-state index in [-0.39, 0.29) is 17.6 Å². The van der Waals surface area contributed by atoms with E-state index in [9.17, 15) is 4.79 Å². The van der Waals surface area contributed by atoms with Crippen LogP contribution in [0.1, 0.15) is 41.6 Å². The topological polar surface area (TPSA) is 64.4 Å². The molecule has 0 aliphatic carbocycles. The molecule has 106 valence electrons. The Bertz CT molecular complexity index is 617. The molecular formula is C15H18N2O3. The van der Waals surface area contributed by atoms with Crippen LogP contribution in [0.4, 0.5) is 5.69 Å². The van der Waals surface area contributed by atoms with Gasteiger partial charge >= 0.3 is 0 Å². The normalized spacial score (nSPS) is 10.7. The number of methoxy groups -OCH3 is 1. The number of benzene rings is 1. The number of hydrogen-bond donors (Lipinski definition) is 1. The van der Waals surface area contributed by atoms with Gasteiger partial charge in [-0.3, -0.25) is 4.79 Å². The van der Waals surface area contributed by atoms with E-state index in [2.05, 4.69) is 10.3 Å². The summed E-state index contributed by atoms with van der Waals surface area (Å²) in [6, 6.07) is 5.58. The zero-order valence-corrected chi connectivity index (χ0v) is 12.1. The first-order valence-corrected chi connectivity index (χ1v) is 6.42. The minimum Gasteiger partial charge on any atom is -0.495 e. The lowest BCUT2D eigenvalue weighted by atomic mass is 10.1. The Hall–Kier alpha value is -2.30. The van der Waals surface area contributed by atoms with Crippen molar-refractivity contribution >= 4 is 11.6 Å². The summed E-state index contributed by atoms with van der Waals surface area (Å²) in [7, 11) is 1.56. The van der Waals surface area contributed by atoms with E-state index in [1.54, 1.807) is 7.11 Å². The Labute approximate surface area is 118 Å². The fraction of sp³-hybridized carbons (Fsp3) is 0.333. The largest absolute Gasteiger partial charge is 0.495 e. The average Bonchev–Trinajstić information content (AvgIpc) is 2.88. The maximum atomic E-state index is 12.3. The van der Waals surface area contributed by atoms with Gasteiger partial charge in [0.2, 0.25) is 5.76 Å². The number of oxazole rings is 1. The van der Waals surface area contributed by atoms with Crippen LogP contribution in [-0.2, 0) is 0 Å². The molecular weight excluding hydrogens is 256 g/mol. The van der Waals surface area contributed by atoms with Gasteiger partial charge in [-0.15, -0.1) is 0 Å². The number of hydrogen-bond acceptors (Lipinski definition) is 4. The third-order valence-corrected chi connectivity index (χ3v) is 2.95. The molecule has 0 unspecified atom stereocenters. The van der Waals surface area contributed by atoms with Gasteiger partial charge in [0.25, 0.3) is 5.91 Å². The molecule has 0 aliphatic rings. The van der Waals surface area contributed by atoms with Gasteiger partial charge in [0.05, 0.1) is 18.5 Å². The van der Waals surface area contributed by atoms with Gasteiger partial charge in [0, 0.05) is 0 Å². The van der Waals surface area contributed by atoms with Gasteiger partial charge in [-0.2, -0.15) is 0 Å². The van der Waals surface area contributed by atoms with Crippen LogP contribution in [-0.4, -0.2) is 18.0 Å². The van der Waals surface area contributed by atoms with E-state index >= 15 is 0 Å². The number of carbonyl (C=O) groups is 1. The molecule has 1 amide bonds. The van der Waals surface area contributed by atoms with Gasteiger partial charge in [0.15, 0.2) is 6.39 Å². The molecule has 2 aromatic rings. The Kier molecular flexibility index (Phi) is 4.08. The fourth-order valence-electron chi connectivity index (χ4n) is 1.93. The number of aryl methyl sites for hydroxylation is 1. The molecule has 0 saturated heterocycles. The lowest BCUT2D eigenvalue weighted by Gasteiger charge is -2.11. The molecule has 1 aromatic carbocycles. The van der Waals surface area contributed by atoms with Crippen LogP contribution in [0.3, 0.4) is 0 Å². The van der Waals surface area contributed by atoms with Gasteiger partial charge in [0.1, 0.15) is 5.75 Å². The van der Waals surface area contributed by atoms with Crippen LogP contribution in [0.15, 0.2) is 29.0 Å². The number of amides is 1. The Morgan fingerprint density at radius 3 is 2.80 bits per heavy atom. The van der Waals surface area contributed by atoms with Gasteiger partial charge in [-0.1, -0.05) is 19.9 Å². The fourth-order valence-corrected chi connectivity index (χ4v) is 1.93. The van der Waals surface area contributed by atoms with Crippen molar-refractivity contribution in [2.45, 2.75) is 26.7 Å². The molecule has 0 radical (unpaired) electrons. The first-order chi connectivity index (χ1) is 9.52. The summed E-state index contributed by atoms with van der Waals surface area (Å²) in [6.07, 6.45) is 1.29. The van der Waals surface area contributed by atoms with Crippen LogP contribution < -0.4 is 10.1 Å². The second-order valence-electron chi connectivity index (χ2n) is 4.88. The van der Waals surface area contributed by atoms with E-state index < -0.39 is 0 Å². The summed E-state index contributed by atoms with van der Waals surface area (Å²) in [5, 5.41) is 2.80. The molecule has 1 N–H and O–H groups in total. The summed E-state index contributed by atoms with van der Waals surface area (Å²) in [4.78, 5) is 16.4. The molecule has 0 saturated carbocycles. The van der Waals surface area contributed by atoms with Gasteiger partial charge < -0.3 is 14.5 Å². The maximum Gasteiger partial charge on any atom is 0.293 e. The van der Waals surface area contributed by atoms with Crippen LogP contribution in [0, 0.1) is 6.92 Å². The smallest absolute Gasteiger partial charge is 0.293 e. The van der Waals surface area contributed by atoms with E-state index in [1.165, 1.54) is 6.39 Å². The van der Waals surface area contributed by atoms with E-state index in [4.69, 9.17) is 9.15 Å². The highest BCUT2D eigenvalue weighted by Crippen LogP contribution is 2.26. The Balaban J connectivity index is 2.28. The SMILES string of the molecule is COc1ccc(C)cc1NC(=O)c1ocnc1C(C)C. The first-order valence-electron chi connectivity index (χ1n) is 6.42. The molecule has 5 heteroatoms. The number of nitrogens with zero attached hydrogens (tertiary/aromatic N) is 1. The molecule has 20 heavy (non-hydrogen) atoms. The second kappa shape index (κ2) is 5.77. The summed E-state index contributed by atoms with van der Waals surface area (Å²) >= 11 is 0. The number of anilines is 1. The molecule has 0 fully saturated rings. The molecule has 5 nitrogen and oxygen atoms in total. The standard InChI is InChI=1S/C15H18N2O3/c1-9(2)13-14(20-8-16-13)15(18)17-11-7-10(3)5-6-12(11)19-4/h5-9H,1-4H3,(H,17,18). The molecule has 1 heterocycles. The first kappa shape index (κ1) is 14.1. The number of aromatic nitrogens is 1. The lowest BCUT2D eigenvalue weighted by molar-refractivity contribution is 0.0994. The van der Waals surface area contributed by atoms with Crippen molar-refractivity contribution in [3.63, 3.8) is 0 Å². The monoisotopic (exact) mass is 274 g/mol. The van der Waals surface area contributed by atoms with Crippen molar-refractivity contribution in [2.24, 2.45) is 0 Å². The van der Waals surface area contributed by atoms with Crippen LogP contribution in [0.5, 0.6) is 5.75 Å². The molecule has 1 aromatic heterocycles. The van der Waals surface area contributed by atoms with Crippen molar-refractivity contribution < 1.29 is 13.9 Å². The van der Waals surface area contributed by atoms with Crippen LogP contribution in [0.2, 0.25) is 0 Å². The van der Waals surface area contributed by atoms with E-state index in [0.29, 0.717) is 17.1 Å². The van der Waals surface area contributed by atoms with Crippen molar-refractivity contribution in [3.8, 4) is 5.75 Å². The predicted octanol–water partition coefficient (Wildman–Crippen LogP) is 3.37. The zero-order valence-electron chi connectivity index (χ0n) is 12.1. The minimum absolute atomic E-state index is 0.119. The van der Waals surface area contributed by atoms with E-state index in [1.807, 2.05) is 39.0 Å². The number of nitrogens with one attached hydrogen (secondary N) is 1. The van der Waals surface area contributed by atoms with Crippen molar-refractivity contribution in [1.82, 2.24) is 4.98 Å². The predicted molar refractivity (Wildman–Crippen MR) is 76.3 cm³/mol. The Morgan fingerprint density at radius 2 is 2.15 bits per heavy atom. The van der Waals surface area contributed by atoms with Gasteiger partial charge in [-0.05, 0) is 30.5 Å². The highest BCUT2D eigenvalue weighted by Gasteiger charge is 2.20. The lowest BCUT2D eigenvalue weighted by Crippen LogP contribution is -2.14. The molecule has 2 rings (SSSR count). The Morgan fingerprint density at radius 1 is 1.40 bits per heavy atom. The third-order valence-electron chi connectivity index (χ3n) is 2.95. The maximum absolute atomic E-state index is 12.3. The van der Waals surface area contributed by atoms with Crippen molar-refractivity contribution in [3.05, 3.63) is 41.6 Å². The van der Waals surface area contributed by atoms with Crippen LogP contribution >= 0.6 is 0 Å².